The summed E-state index contributed by atoms with van der Waals surface area (Å²) in [6.45, 7) is 3.87. The highest BCUT2D eigenvalue weighted by Gasteiger charge is 2.22. The minimum Gasteiger partial charge on any atom is -0.383 e. The Morgan fingerprint density at radius 3 is 2.90 bits per heavy atom. The van der Waals surface area contributed by atoms with E-state index in [4.69, 9.17) is 16.0 Å². The third-order valence-corrected chi connectivity index (χ3v) is 4.33. The van der Waals surface area contributed by atoms with Crippen LogP contribution in [0.1, 0.15) is 18.2 Å². The number of nitrogens with one attached hydrogen (secondary N) is 1. The molecule has 4 rings (SSSR count). The number of aromatic nitrogens is 6. The highest BCUT2D eigenvalue weighted by molar-refractivity contribution is 5.80. The van der Waals surface area contributed by atoms with Crippen LogP contribution in [0.25, 0.3) is 22.6 Å². The molecule has 4 heterocycles. The van der Waals surface area contributed by atoms with Crippen LogP contribution in [0.15, 0.2) is 61.6 Å². The maximum atomic E-state index is 9.14. The minimum atomic E-state index is -0.342. The number of pyridine rings is 2. The molecular weight excluding hydrogens is 366 g/mol. The van der Waals surface area contributed by atoms with Gasteiger partial charge in [0, 0.05) is 24.9 Å². The molecule has 9 nitrogen and oxygen atoms in total. The van der Waals surface area contributed by atoms with Crippen molar-refractivity contribution < 1.29 is 0 Å². The topological polar surface area (TPSA) is 131 Å². The summed E-state index contributed by atoms with van der Waals surface area (Å²) in [5.41, 5.74) is 8.62. The lowest BCUT2D eigenvalue weighted by Gasteiger charge is -2.22. The Hall–Kier alpha value is -4.32. The summed E-state index contributed by atoms with van der Waals surface area (Å²) in [7, 11) is 0. The molecule has 0 aromatic carbocycles. The van der Waals surface area contributed by atoms with E-state index in [2.05, 4.69) is 38.1 Å². The van der Waals surface area contributed by atoms with Gasteiger partial charge in [-0.05, 0) is 24.3 Å². The molecule has 29 heavy (non-hydrogen) atoms. The van der Waals surface area contributed by atoms with Crippen molar-refractivity contribution in [3.05, 3.63) is 67.1 Å². The number of nitrogens with two attached hydrogens (primary N) is 1. The van der Waals surface area contributed by atoms with Gasteiger partial charge >= 0.3 is 0 Å². The third-order valence-electron chi connectivity index (χ3n) is 4.33. The summed E-state index contributed by atoms with van der Waals surface area (Å²) in [5, 5.41) is 20.4. The van der Waals surface area contributed by atoms with Crippen molar-refractivity contribution in [2.24, 2.45) is 0 Å². The zero-order chi connectivity index (χ0) is 20.2. The highest BCUT2D eigenvalue weighted by Crippen LogP contribution is 2.31. The van der Waals surface area contributed by atoms with Crippen molar-refractivity contribution >= 4 is 22.8 Å². The van der Waals surface area contributed by atoms with Crippen molar-refractivity contribution in [1.82, 2.24) is 29.7 Å². The molecule has 0 saturated carbocycles. The van der Waals surface area contributed by atoms with Crippen LogP contribution in [-0.2, 0) is 0 Å². The quantitative estimate of drug-likeness (QED) is 0.486. The normalized spacial score (nSPS) is 11.7. The smallest absolute Gasteiger partial charge is 0.162 e. The van der Waals surface area contributed by atoms with E-state index in [0.29, 0.717) is 40.7 Å². The number of nitrogens with zero attached hydrogens (tertiary/aromatic N) is 7. The molecule has 0 bridgehead atoms. The van der Waals surface area contributed by atoms with E-state index >= 15 is 0 Å². The number of nitrogen functional groups attached to an aromatic ring is 1. The number of fused-ring (bicyclic) bond motifs is 1. The van der Waals surface area contributed by atoms with E-state index in [1.165, 1.54) is 6.20 Å². The standard InChI is InChI=1S/C20H17N9/c1-2-5-17(27-16-10-13(11-21)12-25-28-16)29-19(14-6-3-8-23-18(14)22)26-15-7-4-9-24-20(15)29/h2-4,6-10,12,17H,1,5H2,(H2,22,23)(H,27,28). The minimum absolute atomic E-state index is 0.342. The van der Waals surface area contributed by atoms with Crippen LogP contribution >= 0.6 is 0 Å². The van der Waals surface area contributed by atoms with Crippen molar-refractivity contribution in [3.63, 3.8) is 0 Å². The first-order valence-corrected chi connectivity index (χ1v) is 8.85. The molecule has 4 aromatic rings. The van der Waals surface area contributed by atoms with E-state index < -0.39 is 0 Å². The van der Waals surface area contributed by atoms with E-state index in [-0.39, 0.29) is 6.17 Å². The van der Waals surface area contributed by atoms with Crippen molar-refractivity contribution in [1.29, 1.82) is 5.26 Å². The van der Waals surface area contributed by atoms with Gasteiger partial charge in [-0.3, -0.25) is 4.57 Å². The van der Waals surface area contributed by atoms with Gasteiger partial charge < -0.3 is 11.1 Å². The van der Waals surface area contributed by atoms with Crippen molar-refractivity contribution in [3.8, 4) is 17.5 Å². The summed E-state index contributed by atoms with van der Waals surface area (Å²) in [5.74, 6) is 1.44. The Kier molecular flexibility index (Phi) is 4.82. The number of anilines is 2. The monoisotopic (exact) mass is 383 g/mol. The lowest BCUT2D eigenvalue weighted by atomic mass is 10.2. The molecule has 142 valence electrons. The molecule has 0 aliphatic rings. The summed E-state index contributed by atoms with van der Waals surface area (Å²) < 4.78 is 1.94. The molecule has 9 heteroatoms. The fraction of sp³-hybridized carbons (Fsp3) is 0.100. The molecule has 3 N–H and O–H groups in total. The Balaban J connectivity index is 1.89. The van der Waals surface area contributed by atoms with Crippen LogP contribution in [0, 0.1) is 11.3 Å². The largest absolute Gasteiger partial charge is 0.383 e. The van der Waals surface area contributed by atoms with Crippen LogP contribution in [0.5, 0.6) is 0 Å². The number of hydrogen-bond donors (Lipinski definition) is 2. The molecule has 0 saturated heterocycles. The third kappa shape index (κ3) is 3.46. The summed E-state index contributed by atoms with van der Waals surface area (Å²) in [6.07, 6.45) is 6.72. The SMILES string of the molecule is C=CCC(Nc1cc(C#N)cnn1)n1c(-c2cccnc2N)nc2cccnc21. The van der Waals surface area contributed by atoms with Crippen LogP contribution in [-0.4, -0.2) is 29.7 Å². The number of imidazole rings is 1. The Labute approximate surface area is 166 Å². The van der Waals surface area contributed by atoms with Gasteiger partial charge in [-0.15, -0.1) is 11.7 Å². The highest BCUT2D eigenvalue weighted by atomic mass is 15.3. The Bertz CT molecular complexity index is 1220. The van der Waals surface area contributed by atoms with Gasteiger partial charge in [0.15, 0.2) is 11.5 Å². The Morgan fingerprint density at radius 2 is 2.10 bits per heavy atom. The van der Waals surface area contributed by atoms with Gasteiger partial charge in [0.2, 0.25) is 0 Å². The molecule has 0 radical (unpaired) electrons. The average Bonchev–Trinajstić information content (AvgIpc) is 3.13. The fourth-order valence-corrected chi connectivity index (χ4v) is 3.08. The second-order valence-corrected chi connectivity index (χ2v) is 6.21. The molecule has 1 unspecified atom stereocenters. The fourth-order valence-electron chi connectivity index (χ4n) is 3.08. The van der Waals surface area contributed by atoms with Crippen LogP contribution in [0.3, 0.4) is 0 Å². The molecule has 0 aliphatic heterocycles. The molecule has 0 aliphatic carbocycles. The average molecular weight is 383 g/mol. The zero-order valence-corrected chi connectivity index (χ0v) is 15.4. The van der Waals surface area contributed by atoms with Crippen molar-refractivity contribution in [2.45, 2.75) is 12.6 Å². The predicted octanol–water partition coefficient (Wildman–Crippen LogP) is 2.92. The van der Waals surface area contributed by atoms with Gasteiger partial charge in [0.1, 0.15) is 29.4 Å². The van der Waals surface area contributed by atoms with Crippen LogP contribution in [0.2, 0.25) is 0 Å². The summed E-state index contributed by atoms with van der Waals surface area (Å²) in [4.78, 5) is 13.4. The summed E-state index contributed by atoms with van der Waals surface area (Å²) >= 11 is 0. The number of hydrogen-bond acceptors (Lipinski definition) is 8. The van der Waals surface area contributed by atoms with Crippen LogP contribution in [0.4, 0.5) is 11.6 Å². The molecule has 0 fully saturated rings. The molecule has 0 amide bonds. The number of nitriles is 1. The molecule has 4 aromatic heterocycles. The zero-order valence-electron chi connectivity index (χ0n) is 15.4. The lowest BCUT2D eigenvalue weighted by Crippen LogP contribution is -2.20. The van der Waals surface area contributed by atoms with E-state index in [9.17, 15) is 0 Å². The summed E-state index contributed by atoms with van der Waals surface area (Å²) in [6, 6.07) is 11.1. The Morgan fingerprint density at radius 1 is 1.28 bits per heavy atom. The number of rotatable bonds is 6. The maximum absolute atomic E-state index is 9.14. The van der Waals surface area contributed by atoms with E-state index in [1.807, 2.05) is 22.8 Å². The first kappa shape index (κ1) is 18.1. The predicted molar refractivity (Wildman–Crippen MR) is 109 cm³/mol. The van der Waals surface area contributed by atoms with E-state index in [1.54, 1.807) is 30.6 Å². The van der Waals surface area contributed by atoms with E-state index in [0.717, 1.165) is 5.52 Å². The molecule has 0 spiro atoms. The maximum Gasteiger partial charge on any atom is 0.162 e. The lowest BCUT2D eigenvalue weighted by molar-refractivity contribution is 0.583. The molecule has 1 atom stereocenters. The first-order valence-electron chi connectivity index (χ1n) is 8.85. The van der Waals surface area contributed by atoms with Crippen LogP contribution < -0.4 is 11.1 Å². The van der Waals surface area contributed by atoms with Crippen molar-refractivity contribution in [2.75, 3.05) is 11.1 Å². The first-order chi connectivity index (χ1) is 14.2. The van der Waals surface area contributed by atoms with Gasteiger partial charge in [0.25, 0.3) is 0 Å². The second-order valence-electron chi connectivity index (χ2n) is 6.21. The second kappa shape index (κ2) is 7.74. The van der Waals surface area contributed by atoms with Gasteiger partial charge in [-0.2, -0.15) is 10.4 Å². The van der Waals surface area contributed by atoms with Gasteiger partial charge in [-0.1, -0.05) is 6.08 Å². The van der Waals surface area contributed by atoms with Gasteiger partial charge in [-0.25, -0.2) is 15.0 Å². The molecular formula is C20H17N9. The van der Waals surface area contributed by atoms with Gasteiger partial charge in [0.05, 0.1) is 17.3 Å².